The smallest absolute Gasteiger partial charge is 0.246 e. The number of carbonyl (C=O) groups is 1. The van der Waals surface area contributed by atoms with Crippen molar-refractivity contribution in [3.63, 3.8) is 0 Å². The quantitative estimate of drug-likeness (QED) is 0.910. The maximum Gasteiger partial charge on any atom is 0.246 e. The van der Waals surface area contributed by atoms with Crippen LogP contribution in [0.5, 0.6) is 0 Å². The van der Waals surface area contributed by atoms with Gasteiger partial charge in [-0.05, 0) is 41.5 Å². The highest BCUT2D eigenvalue weighted by Crippen LogP contribution is 2.30. The zero-order chi connectivity index (χ0) is 17.2. The van der Waals surface area contributed by atoms with Gasteiger partial charge < -0.3 is 10.2 Å². The van der Waals surface area contributed by atoms with E-state index in [1.54, 1.807) is 0 Å². The van der Waals surface area contributed by atoms with E-state index in [9.17, 15) is 4.79 Å². The van der Waals surface area contributed by atoms with E-state index in [-0.39, 0.29) is 11.3 Å². The van der Waals surface area contributed by atoms with Gasteiger partial charge in [0.15, 0.2) is 0 Å². The second-order valence-electron chi connectivity index (χ2n) is 7.43. The first-order valence-corrected chi connectivity index (χ1v) is 8.68. The molecular weight excluding hydrogens is 296 g/mol. The molecule has 0 spiro atoms. The third kappa shape index (κ3) is 3.45. The molecule has 3 rings (SSSR count). The molecule has 3 heteroatoms. The van der Waals surface area contributed by atoms with E-state index in [0.29, 0.717) is 6.54 Å². The lowest BCUT2D eigenvalue weighted by Gasteiger charge is -2.30. The van der Waals surface area contributed by atoms with Gasteiger partial charge in [-0.25, -0.2) is 0 Å². The number of anilines is 2. The van der Waals surface area contributed by atoms with Crippen molar-refractivity contribution in [1.82, 2.24) is 0 Å². The van der Waals surface area contributed by atoms with Crippen LogP contribution in [0.3, 0.4) is 0 Å². The van der Waals surface area contributed by atoms with Gasteiger partial charge in [0.25, 0.3) is 0 Å². The highest BCUT2D eigenvalue weighted by atomic mass is 16.2. The molecule has 0 fully saturated rings. The molecule has 0 saturated carbocycles. The van der Waals surface area contributed by atoms with Crippen LogP contribution in [0, 0.1) is 0 Å². The number of benzene rings is 2. The Morgan fingerprint density at radius 3 is 2.58 bits per heavy atom. The van der Waals surface area contributed by atoms with E-state index in [4.69, 9.17) is 0 Å². The summed E-state index contributed by atoms with van der Waals surface area (Å²) < 4.78 is 0. The number of fused-ring (bicyclic) bond motifs is 1. The van der Waals surface area contributed by atoms with E-state index < -0.39 is 0 Å². The number of hydrogen-bond donors (Lipinski definition) is 1. The minimum absolute atomic E-state index is 0.0460. The highest BCUT2D eigenvalue weighted by molar-refractivity contribution is 5.97. The molecule has 1 N–H and O–H groups in total. The number of nitrogens with one attached hydrogen (secondary N) is 1. The topological polar surface area (TPSA) is 32.3 Å². The summed E-state index contributed by atoms with van der Waals surface area (Å²) in [4.78, 5) is 14.7. The van der Waals surface area contributed by atoms with Gasteiger partial charge in [-0.15, -0.1) is 0 Å². The van der Waals surface area contributed by atoms with E-state index >= 15 is 0 Å². The van der Waals surface area contributed by atoms with Crippen LogP contribution >= 0.6 is 0 Å². The summed E-state index contributed by atoms with van der Waals surface area (Å²) in [6, 6.07) is 16.5. The number of para-hydroxylation sites is 2. The van der Waals surface area contributed by atoms with Crippen molar-refractivity contribution in [1.29, 1.82) is 0 Å². The summed E-state index contributed by atoms with van der Waals surface area (Å²) in [6.45, 7) is 7.70. The summed E-state index contributed by atoms with van der Waals surface area (Å²) in [7, 11) is 0. The summed E-state index contributed by atoms with van der Waals surface area (Å²) in [6.07, 6.45) is 2.08. The number of nitrogens with zero attached hydrogens (tertiary/aromatic N) is 1. The first-order chi connectivity index (χ1) is 11.5. The SMILES string of the molecule is CC(C)(C)c1ccccc1NCC(=O)N1CCCc2ccccc21. The van der Waals surface area contributed by atoms with Crippen molar-refractivity contribution in [2.24, 2.45) is 0 Å². The second kappa shape index (κ2) is 6.68. The molecule has 0 aliphatic carbocycles. The van der Waals surface area contributed by atoms with Gasteiger partial charge in [-0.3, -0.25) is 4.79 Å². The van der Waals surface area contributed by atoms with Crippen LogP contribution in [0.2, 0.25) is 0 Å². The van der Waals surface area contributed by atoms with Crippen molar-refractivity contribution >= 4 is 17.3 Å². The number of amides is 1. The zero-order valence-electron chi connectivity index (χ0n) is 14.8. The monoisotopic (exact) mass is 322 g/mol. The molecule has 2 aromatic carbocycles. The van der Waals surface area contributed by atoms with Crippen LogP contribution in [0.4, 0.5) is 11.4 Å². The van der Waals surface area contributed by atoms with E-state index in [0.717, 1.165) is 30.8 Å². The molecule has 24 heavy (non-hydrogen) atoms. The van der Waals surface area contributed by atoms with Crippen molar-refractivity contribution in [2.75, 3.05) is 23.3 Å². The van der Waals surface area contributed by atoms with Crippen molar-refractivity contribution < 1.29 is 4.79 Å². The molecule has 0 bridgehead atoms. The predicted octanol–water partition coefficient (Wildman–Crippen LogP) is 4.38. The Labute approximate surface area is 144 Å². The summed E-state index contributed by atoms with van der Waals surface area (Å²) in [5.74, 6) is 0.130. The molecule has 2 aromatic rings. The Hall–Kier alpha value is -2.29. The van der Waals surface area contributed by atoms with Gasteiger partial charge in [0.1, 0.15) is 0 Å². The van der Waals surface area contributed by atoms with E-state index in [1.165, 1.54) is 11.1 Å². The molecule has 0 atom stereocenters. The molecule has 1 amide bonds. The fourth-order valence-corrected chi connectivity index (χ4v) is 3.35. The van der Waals surface area contributed by atoms with Crippen molar-refractivity contribution in [2.45, 2.75) is 39.0 Å². The van der Waals surface area contributed by atoms with Gasteiger partial charge in [-0.2, -0.15) is 0 Å². The first kappa shape index (κ1) is 16.6. The first-order valence-electron chi connectivity index (χ1n) is 8.68. The average molecular weight is 322 g/mol. The third-order valence-corrected chi connectivity index (χ3v) is 4.58. The number of carbonyl (C=O) groups excluding carboxylic acids is 1. The molecule has 1 aliphatic heterocycles. The molecule has 3 nitrogen and oxygen atoms in total. The van der Waals surface area contributed by atoms with Gasteiger partial charge in [0, 0.05) is 17.9 Å². The Morgan fingerprint density at radius 1 is 1.08 bits per heavy atom. The fourth-order valence-electron chi connectivity index (χ4n) is 3.35. The molecule has 0 radical (unpaired) electrons. The van der Waals surface area contributed by atoms with Gasteiger partial charge in [0.2, 0.25) is 5.91 Å². The third-order valence-electron chi connectivity index (χ3n) is 4.58. The van der Waals surface area contributed by atoms with Crippen molar-refractivity contribution in [3.05, 3.63) is 59.7 Å². The second-order valence-corrected chi connectivity index (χ2v) is 7.43. The number of aryl methyl sites for hydroxylation is 1. The Bertz CT molecular complexity index is 731. The Morgan fingerprint density at radius 2 is 1.79 bits per heavy atom. The average Bonchev–Trinajstić information content (AvgIpc) is 2.58. The lowest BCUT2D eigenvalue weighted by Crippen LogP contribution is -2.39. The Balaban J connectivity index is 1.74. The molecule has 126 valence electrons. The summed E-state index contributed by atoms with van der Waals surface area (Å²) >= 11 is 0. The molecule has 0 unspecified atom stereocenters. The molecule has 1 aliphatic rings. The van der Waals surface area contributed by atoms with Crippen LogP contribution in [0.15, 0.2) is 48.5 Å². The summed E-state index contributed by atoms with van der Waals surface area (Å²) in [5.41, 5.74) is 4.66. The summed E-state index contributed by atoms with van der Waals surface area (Å²) in [5, 5.41) is 3.36. The standard InChI is InChI=1S/C21H26N2O/c1-21(2,3)17-11-5-6-12-18(17)22-15-20(24)23-14-8-10-16-9-4-7-13-19(16)23/h4-7,9,11-13,22H,8,10,14-15H2,1-3H3. The van der Waals surface area contributed by atoms with Gasteiger partial charge in [-0.1, -0.05) is 57.2 Å². The normalized spacial score (nSPS) is 14.2. The van der Waals surface area contributed by atoms with E-state index in [2.05, 4.69) is 56.4 Å². The maximum atomic E-state index is 12.8. The van der Waals surface area contributed by atoms with E-state index in [1.807, 2.05) is 23.1 Å². The van der Waals surface area contributed by atoms with Crippen LogP contribution in [-0.2, 0) is 16.6 Å². The number of hydrogen-bond acceptors (Lipinski definition) is 2. The van der Waals surface area contributed by atoms with Gasteiger partial charge in [0.05, 0.1) is 6.54 Å². The molecule has 0 saturated heterocycles. The van der Waals surface area contributed by atoms with Crippen molar-refractivity contribution in [3.8, 4) is 0 Å². The maximum absolute atomic E-state index is 12.8. The van der Waals surface area contributed by atoms with Crippen LogP contribution in [0.25, 0.3) is 0 Å². The van der Waals surface area contributed by atoms with Crippen LogP contribution in [0.1, 0.15) is 38.3 Å². The minimum Gasteiger partial charge on any atom is -0.376 e. The molecule has 1 heterocycles. The fraction of sp³-hybridized carbons (Fsp3) is 0.381. The zero-order valence-corrected chi connectivity index (χ0v) is 14.8. The number of rotatable bonds is 3. The van der Waals surface area contributed by atoms with Crippen LogP contribution in [-0.4, -0.2) is 19.0 Å². The van der Waals surface area contributed by atoms with Crippen LogP contribution < -0.4 is 10.2 Å². The van der Waals surface area contributed by atoms with Gasteiger partial charge >= 0.3 is 0 Å². The highest BCUT2D eigenvalue weighted by Gasteiger charge is 2.23. The Kier molecular flexibility index (Phi) is 4.61. The minimum atomic E-state index is 0.0460. The molecular formula is C21H26N2O. The molecule has 0 aromatic heterocycles. The lowest BCUT2D eigenvalue weighted by molar-refractivity contribution is -0.117. The lowest BCUT2D eigenvalue weighted by atomic mass is 9.86. The largest absolute Gasteiger partial charge is 0.376 e. The predicted molar refractivity (Wildman–Crippen MR) is 101 cm³/mol.